The topological polar surface area (TPSA) is 66.7 Å². The van der Waals surface area contributed by atoms with E-state index in [1.165, 1.54) is 5.56 Å². The van der Waals surface area contributed by atoms with Crippen LogP contribution in [0.1, 0.15) is 54.1 Å². The molecule has 1 aliphatic heterocycles. The van der Waals surface area contributed by atoms with Gasteiger partial charge in [0.25, 0.3) is 5.91 Å². The fourth-order valence-corrected chi connectivity index (χ4v) is 4.02. The molecule has 6 heteroatoms. The van der Waals surface area contributed by atoms with Crippen LogP contribution in [0.15, 0.2) is 66.6 Å². The van der Waals surface area contributed by atoms with Gasteiger partial charge in [0.15, 0.2) is 0 Å². The van der Waals surface area contributed by atoms with E-state index in [-0.39, 0.29) is 11.8 Å². The lowest BCUT2D eigenvalue weighted by molar-refractivity contribution is -0.127. The lowest BCUT2D eigenvalue weighted by Crippen LogP contribution is -2.37. The first-order valence-electron chi connectivity index (χ1n) is 10.7. The van der Waals surface area contributed by atoms with Gasteiger partial charge < -0.3 is 14.6 Å². The number of likely N-dealkylation sites (tertiary alicyclic amines) is 1. The van der Waals surface area contributed by atoms with Gasteiger partial charge in [-0.25, -0.2) is 4.98 Å². The molecule has 0 aliphatic carbocycles. The number of allylic oxidation sites excluding steroid dienone is 1. The second kappa shape index (κ2) is 9.16. The van der Waals surface area contributed by atoms with Gasteiger partial charge in [0, 0.05) is 49.9 Å². The number of piperidine rings is 1. The molecule has 2 amide bonds. The Kier molecular flexibility index (Phi) is 6.16. The van der Waals surface area contributed by atoms with Gasteiger partial charge in [-0.2, -0.15) is 0 Å². The number of carbonyl (C=O) groups is 2. The van der Waals surface area contributed by atoms with Crippen LogP contribution in [-0.2, 0) is 11.3 Å². The van der Waals surface area contributed by atoms with Crippen molar-refractivity contribution in [2.45, 2.75) is 39.2 Å². The van der Waals surface area contributed by atoms with E-state index >= 15 is 0 Å². The molecule has 3 aromatic rings. The molecule has 0 unspecified atom stereocenters. The second-order valence-corrected chi connectivity index (χ2v) is 8.35. The largest absolute Gasteiger partial charge is 0.348 e. The number of benzene rings is 1. The Balaban J connectivity index is 1.31. The predicted molar refractivity (Wildman–Crippen MR) is 121 cm³/mol. The number of nitrogens with zero attached hydrogens (tertiary/aromatic N) is 3. The Morgan fingerprint density at radius 3 is 2.55 bits per heavy atom. The van der Waals surface area contributed by atoms with Crippen LogP contribution in [-0.4, -0.2) is 39.2 Å². The first kappa shape index (κ1) is 20.8. The first-order valence-corrected chi connectivity index (χ1v) is 10.7. The quantitative estimate of drug-likeness (QED) is 0.641. The van der Waals surface area contributed by atoms with Gasteiger partial charge in [0.05, 0.1) is 0 Å². The van der Waals surface area contributed by atoms with Crippen molar-refractivity contribution in [3.8, 4) is 0 Å². The Hall–Kier alpha value is -3.41. The third kappa shape index (κ3) is 5.02. The van der Waals surface area contributed by atoms with Crippen molar-refractivity contribution < 1.29 is 9.59 Å². The highest BCUT2D eigenvalue weighted by molar-refractivity contribution is 5.94. The molecular weight excluding hydrogens is 388 g/mol. The summed E-state index contributed by atoms with van der Waals surface area (Å²) < 4.78 is 1.94. The normalized spacial score (nSPS) is 14.5. The minimum atomic E-state index is -0.0862. The first-order chi connectivity index (χ1) is 15.0. The van der Waals surface area contributed by atoms with E-state index in [0.717, 1.165) is 42.7 Å². The van der Waals surface area contributed by atoms with E-state index in [4.69, 9.17) is 0 Å². The van der Waals surface area contributed by atoms with Crippen LogP contribution in [0.3, 0.4) is 0 Å². The predicted octanol–water partition coefficient (Wildman–Crippen LogP) is 3.94. The standard InChI is InChI=1S/C25H28N4O2/c1-18(2)15-24(30)29-12-8-21(9-13-29)20-3-5-22(6-4-20)25(31)27-17-19-7-11-28-14-10-26-23(28)16-19/h3-7,10-11,14-16,21H,8-9,12-13,17H2,1-2H3,(H,27,31). The fourth-order valence-electron chi connectivity index (χ4n) is 4.02. The van der Waals surface area contributed by atoms with Crippen LogP contribution >= 0.6 is 0 Å². The summed E-state index contributed by atoms with van der Waals surface area (Å²) in [6.07, 6.45) is 9.20. The molecule has 0 radical (unpaired) electrons. The third-order valence-electron chi connectivity index (χ3n) is 5.78. The van der Waals surface area contributed by atoms with E-state index < -0.39 is 0 Å². The number of hydrogen-bond acceptors (Lipinski definition) is 3. The fraction of sp³-hybridized carbons (Fsp3) is 0.320. The number of amides is 2. The van der Waals surface area contributed by atoms with Crippen molar-refractivity contribution in [1.82, 2.24) is 19.6 Å². The van der Waals surface area contributed by atoms with Crippen molar-refractivity contribution >= 4 is 17.5 Å². The number of nitrogens with one attached hydrogen (secondary N) is 1. The van der Waals surface area contributed by atoms with Crippen LogP contribution < -0.4 is 5.32 Å². The summed E-state index contributed by atoms with van der Waals surface area (Å²) in [4.78, 5) is 30.9. The summed E-state index contributed by atoms with van der Waals surface area (Å²) in [5, 5.41) is 2.98. The van der Waals surface area contributed by atoms with E-state index in [1.54, 1.807) is 12.3 Å². The molecule has 2 aromatic heterocycles. The summed E-state index contributed by atoms with van der Waals surface area (Å²) in [5.74, 6) is 0.448. The molecule has 3 heterocycles. The molecule has 1 aromatic carbocycles. The number of carbonyl (C=O) groups excluding carboxylic acids is 2. The van der Waals surface area contributed by atoms with Crippen LogP contribution in [0.4, 0.5) is 0 Å². The molecule has 0 atom stereocenters. The van der Waals surface area contributed by atoms with Crippen molar-refractivity contribution in [1.29, 1.82) is 0 Å². The maximum atomic E-state index is 12.5. The van der Waals surface area contributed by atoms with Crippen LogP contribution in [0.25, 0.3) is 5.65 Å². The Morgan fingerprint density at radius 2 is 1.84 bits per heavy atom. The zero-order valence-corrected chi connectivity index (χ0v) is 18.0. The molecule has 4 rings (SSSR count). The number of aromatic nitrogens is 2. The molecule has 1 fully saturated rings. The van der Waals surface area contributed by atoms with E-state index in [0.29, 0.717) is 18.0 Å². The summed E-state index contributed by atoms with van der Waals surface area (Å²) in [6, 6.07) is 11.8. The van der Waals surface area contributed by atoms with E-state index in [1.807, 2.05) is 71.9 Å². The monoisotopic (exact) mass is 416 g/mol. The summed E-state index contributed by atoms with van der Waals surface area (Å²) >= 11 is 0. The van der Waals surface area contributed by atoms with Gasteiger partial charge in [0.1, 0.15) is 5.65 Å². The van der Waals surface area contributed by atoms with Crippen molar-refractivity contribution in [2.75, 3.05) is 13.1 Å². The minimum Gasteiger partial charge on any atom is -0.348 e. The Labute approximate surface area is 182 Å². The lowest BCUT2D eigenvalue weighted by Gasteiger charge is -2.31. The second-order valence-electron chi connectivity index (χ2n) is 8.35. The molecule has 1 saturated heterocycles. The van der Waals surface area contributed by atoms with Crippen molar-refractivity contribution in [3.63, 3.8) is 0 Å². The Bertz CT molecular complexity index is 1100. The van der Waals surface area contributed by atoms with Crippen LogP contribution in [0.2, 0.25) is 0 Å². The zero-order valence-electron chi connectivity index (χ0n) is 18.0. The number of rotatable bonds is 5. The van der Waals surface area contributed by atoms with Gasteiger partial charge in [-0.05, 0) is 68.0 Å². The van der Waals surface area contributed by atoms with Gasteiger partial charge in [-0.15, -0.1) is 0 Å². The summed E-state index contributed by atoms with van der Waals surface area (Å²) in [6.45, 7) is 5.90. The Morgan fingerprint density at radius 1 is 1.10 bits per heavy atom. The van der Waals surface area contributed by atoms with Gasteiger partial charge in [-0.1, -0.05) is 17.7 Å². The average molecular weight is 417 g/mol. The van der Waals surface area contributed by atoms with Crippen molar-refractivity contribution in [2.24, 2.45) is 0 Å². The third-order valence-corrected chi connectivity index (χ3v) is 5.78. The molecular formula is C25H28N4O2. The SMILES string of the molecule is CC(C)=CC(=O)N1CCC(c2ccc(C(=O)NCc3ccn4ccnc4c3)cc2)CC1. The molecule has 31 heavy (non-hydrogen) atoms. The molecule has 160 valence electrons. The maximum Gasteiger partial charge on any atom is 0.251 e. The molecule has 0 spiro atoms. The number of imidazole rings is 1. The number of pyridine rings is 1. The van der Waals surface area contributed by atoms with E-state index in [9.17, 15) is 9.59 Å². The minimum absolute atomic E-state index is 0.0862. The molecule has 0 bridgehead atoms. The molecule has 0 saturated carbocycles. The van der Waals surface area contributed by atoms with Gasteiger partial charge in [0.2, 0.25) is 5.91 Å². The summed E-state index contributed by atoms with van der Waals surface area (Å²) in [7, 11) is 0. The molecule has 1 aliphatic rings. The van der Waals surface area contributed by atoms with Gasteiger partial charge in [-0.3, -0.25) is 9.59 Å². The molecule has 1 N–H and O–H groups in total. The smallest absolute Gasteiger partial charge is 0.251 e. The lowest BCUT2D eigenvalue weighted by atomic mass is 9.89. The highest BCUT2D eigenvalue weighted by Crippen LogP contribution is 2.28. The average Bonchev–Trinajstić information content (AvgIpc) is 3.25. The summed E-state index contributed by atoms with van der Waals surface area (Å²) in [5.41, 5.74) is 4.79. The maximum absolute atomic E-state index is 12.5. The van der Waals surface area contributed by atoms with Crippen LogP contribution in [0, 0.1) is 0 Å². The number of hydrogen-bond donors (Lipinski definition) is 1. The van der Waals surface area contributed by atoms with Gasteiger partial charge >= 0.3 is 0 Å². The highest BCUT2D eigenvalue weighted by Gasteiger charge is 2.23. The zero-order chi connectivity index (χ0) is 21.8. The van der Waals surface area contributed by atoms with E-state index in [2.05, 4.69) is 10.3 Å². The van der Waals surface area contributed by atoms with Crippen molar-refractivity contribution in [3.05, 3.63) is 83.3 Å². The number of fused-ring (bicyclic) bond motifs is 1. The van der Waals surface area contributed by atoms with Crippen LogP contribution in [0.5, 0.6) is 0 Å². The highest BCUT2D eigenvalue weighted by atomic mass is 16.2. The molecule has 6 nitrogen and oxygen atoms in total.